The highest BCUT2D eigenvalue weighted by Crippen LogP contribution is 2.18. The molecule has 0 spiro atoms. The van der Waals surface area contributed by atoms with Gasteiger partial charge in [0.05, 0.1) is 6.26 Å². The van der Waals surface area contributed by atoms with Crippen LogP contribution >= 0.6 is 0 Å². The Morgan fingerprint density at radius 2 is 1.50 bits per heavy atom. The fourth-order valence-electron chi connectivity index (χ4n) is 3.44. The summed E-state index contributed by atoms with van der Waals surface area (Å²) in [5.74, 6) is -0.0483. The molecule has 1 aromatic heterocycles. The minimum absolute atomic E-state index is 0.0483. The number of sulfonamides is 1. The molecule has 2 heterocycles. The van der Waals surface area contributed by atoms with Crippen molar-refractivity contribution in [2.24, 2.45) is 0 Å². The van der Waals surface area contributed by atoms with E-state index in [0.29, 0.717) is 38.2 Å². The van der Waals surface area contributed by atoms with E-state index in [-0.39, 0.29) is 5.91 Å². The first kappa shape index (κ1) is 18.7. The van der Waals surface area contributed by atoms with Crippen molar-refractivity contribution in [2.45, 2.75) is 20.3 Å². The number of rotatable bonds is 3. The highest BCUT2D eigenvalue weighted by atomic mass is 32.2. The topological polar surface area (TPSA) is 62.6 Å². The first-order valence-electron chi connectivity index (χ1n) is 8.77. The zero-order valence-electron chi connectivity index (χ0n) is 15.5. The monoisotopic (exact) mass is 375 g/mol. The van der Waals surface area contributed by atoms with Crippen molar-refractivity contribution in [1.82, 2.24) is 13.8 Å². The minimum atomic E-state index is -3.21. The van der Waals surface area contributed by atoms with Crippen LogP contribution in [0.25, 0.3) is 5.69 Å². The summed E-state index contributed by atoms with van der Waals surface area (Å²) < 4.78 is 27.0. The van der Waals surface area contributed by atoms with E-state index in [2.05, 4.69) is 30.5 Å². The number of amides is 1. The van der Waals surface area contributed by atoms with Gasteiger partial charge in [-0.1, -0.05) is 0 Å². The molecule has 0 atom stereocenters. The lowest BCUT2D eigenvalue weighted by atomic mass is 10.1. The van der Waals surface area contributed by atoms with Crippen LogP contribution in [0.4, 0.5) is 0 Å². The third kappa shape index (κ3) is 3.83. The Morgan fingerprint density at radius 3 is 2.08 bits per heavy atom. The van der Waals surface area contributed by atoms with Crippen molar-refractivity contribution in [3.63, 3.8) is 0 Å². The number of aromatic nitrogens is 1. The molecule has 1 aliphatic rings. The molecule has 0 aliphatic carbocycles. The van der Waals surface area contributed by atoms with Crippen LogP contribution in [0.2, 0.25) is 0 Å². The van der Waals surface area contributed by atoms with Gasteiger partial charge in [-0.15, -0.1) is 0 Å². The van der Waals surface area contributed by atoms with E-state index in [0.717, 1.165) is 17.1 Å². The van der Waals surface area contributed by atoms with Crippen LogP contribution in [0.3, 0.4) is 0 Å². The predicted molar refractivity (Wildman–Crippen MR) is 102 cm³/mol. The normalized spacial score (nSPS) is 16.5. The molecule has 1 saturated heterocycles. The van der Waals surface area contributed by atoms with E-state index in [9.17, 15) is 13.2 Å². The van der Waals surface area contributed by atoms with Crippen molar-refractivity contribution in [3.8, 4) is 5.69 Å². The molecular formula is C19H25N3O3S. The molecule has 3 rings (SSSR count). The Morgan fingerprint density at radius 1 is 0.885 bits per heavy atom. The summed E-state index contributed by atoms with van der Waals surface area (Å²) in [6.07, 6.45) is 1.87. The highest BCUT2D eigenvalue weighted by Gasteiger charge is 2.24. The van der Waals surface area contributed by atoms with Crippen LogP contribution in [0.15, 0.2) is 36.4 Å². The molecule has 1 aromatic carbocycles. The van der Waals surface area contributed by atoms with Crippen molar-refractivity contribution >= 4 is 15.9 Å². The zero-order valence-corrected chi connectivity index (χ0v) is 16.3. The SMILES string of the molecule is Cc1ccc(C)n1-c1ccc(C(=O)N2CCCN(S(C)(=O)=O)CC2)cc1. The van der Waals surface area contributed by atoms with E-state index in [1.54, 1.807) is 4.90 Å². The molecule has 0 saturated carbocycles. The Labute approximate surface area is 155 Å². The molecule has 1 amide bonds. The standard InChI is InChI=1S/C19H25N3O3S/c1-15-5-6-16(2)22(15)18-9-7-17(8-10-18)19(23)20-11-4-12-21(14-13-20)26(3,24)25/h5-10H,4,11-14H2,1-3H3. The van der Waals surface area contributed by atoms with Gasteiger partial charge in [0.15, 0.2) is 0 Å². The molecule has 0 radical (unpaired) electrons. The second kappa shape index (κ2) is 7.25. The van der Waals surface area contributed by atoms with Crippen LogP contribution in [0, 0.1) is 13.8 Å². The number of benzene rings is 1. The third-order valence-electron chi connectivity index (χ3n) is 4.85. The Hall–Kier alpha value is -2.12. The van der Waals surface area contributed by atoms with Gasteiger partial charge in [0.2, 0.25) is 10.0 Å². The lowest BCUT2D eigenvalue weighted by molar-refractivity contribution is 0.0764. The first-order valence-corrected chi connectivity index (χ1v) is 10.6. The maximum atomic E-state index is 12.8. The summed E-state index contributed by atoms with van der Waals surface area (Å²) in [6.45, 7) is 5.91. The average molecular weight is 375 g/mol. The quantitative estimate of drug-likeness (QED) is 0.826. The van der Waals surface area contributed by atoms with Crippen LogP contribution < -0.4 is 0 Å². The molecule has 7 heteroatoms. The second-order valence-electron chi connectivity index (χ2n) is 6.81. The number of hydrogen-bond acceptors (Lipinski definition) is 3. The van der Waals surface area contributed by atoms with E-state index in [1.807, 2.05) is 24.3 Å². The van der Waals surface area contributed by atoms with Crippen molar-refractivity contribution in [1.29, 1.82) is 0 Å². The maximum Gasteiger partial charge on any atom is 0.253 e. The fourth-order valence-corrected chi connectivity index (χ4v) is 4.31. The van der Waals surface area contributed by atoms with Gasteiger partial charge >= 0.3 is 0 Å². The van der Waals surface area contributed by atoms with Crippen LogP contribution in [-0.2, 0) is 10.0 Å². The summed E-state index contributed by atoms with van der Waals surface area (Å²) >= 11 is 0. The lowest BCUT2D eigenvalue weighted by Crippen LogP contribution is -2.36. The molecule has 1 fully saturated rings. The minimum Gasteiger partial charge on any atom is -0.337 e. The molecular weight excluding hydrogens is 350 g/mol. The van der Waals surface area contributed by atoms with Gasteiger partial charge < -0.3 is 9.47 Å². The van der Waals surface area contributed by atoms with Crippen molar-refractivity contribution in [3.05, 3.63) is 53.3 Å². The second-order valence-corrected chi connectivity index (χ2v) is 8.79. The Bertz CT molecular complexity index is 881. The van der Waals surface area contributed by atoms with Crippen LogP contribution in [-0.4, -0.2) is 60.5 Å². The largest absolute Gasteiger partial charge is 0.337 e. The van der Waals surface area contributed by atoms with Crippen LogP contribution in [0.5, 0.6) is 0 Å². The summed E-state index contributed by atoms with van der Waals surface area (Å²) in [6, 6.07) is 11.7. The van der Waals surface area contributed by atoms with E-state index >= 15 is 0 Å². The molecule has 0 bridgehead atoms. The van der Waals surface area contributed by atoms with Gasteiger partial charge in [0, 0.05) is 48.8 Å². The zero-order chi connectivity index (χ0) is 18.9. The van der Waals surface area contributed by atoms with E-state index in [1.165, 1.54) is 10.6 Å². The third-order valence-corrected chi connectivity index (χ3v) is 6.16. The number of carbonyl (C=O) groups is 1. The maximum absolute atomic E-state index is 12.8. The number of hydrogen-bond donors (Lipinski definition) is 0. The van der Waals surface area contributed by atoms with Crippen molar-refractivity contribution < 1.29 is 13.2 Å². The van der Waals surface area contributed by atoms with Gasteiger partial charge in [0.1, 0.15) is 0 Å². The van der Waals surface area contributed by atoms with Crippen LogP contribution in [0.1, 0.15) is 28.2 Å². The van der Waals surface area contributed by atoms with Gasteiger partial charge in [-0.25, -0.2) is 12.7 Å². The van der Waals surface area contributed by atoms with E-state index in [4.69, 9.17) is 0 Å². The average Bonchev–Trinajstić information content (AvgIpc) is 2.79. The summed E-state index contributed by atoms with van der Waals surface area (Å²) in [4.78, 5) is 14.5. The molecule has 140 valence electrons. The highest BCUT2D eigenvalue weighted by molar-refractivity contribution is 7.88. The smallest absolute Gasteiger partial charge is 0.253 e. The first-order chi connectivity index (χ1) is 12.3. The Balaban J connectivity index is 1.74. The number of nitrogens with zero attached hydrogens (tertiary/aromatic N) is 3. The molecule has 6 nitrogen and oxygen atoms in total. The molecule has 0 N–H and O–H groups in total. The number of aryl methyl sites for hydroxylation is 2. The molecule has 1 aliphatic heterocycles. The predicted octanol–water partition coefficient (Wildman–Crippen LogP) is 2.20. The summed E-state index contributed by atoms with van der Waals surface area (Å²) in [5, 5.41) is 0. The van der Waals surface area contributed by atoms with E-state index < -0.39 is 10.0 Å². The van der Waals surface area contributed by atoms with Crippen molar-refractivity contribution in [2.75, 3.05) is 32.4 Å². The lowest BCUT2D eigenvalue weighted by Gasteiger charge is -2.21. The summed E-state index contributed by atoms with van der Waals surface area (Å²) in [5.41, 5.74) is 3.95. The number of carbonyl (C=O) groups excluding carboxylic acids is 1. The molecule has 26 heavy (non-hydrogen) atoms. The van der Waals surface area contributed by atoms with Gasteiger partial charge in [-0.3, -0.25) is 4.79 Å². The van der Waals surface area contributed by atoms with Gasteiger partial charge in [-0.2, -0.15) is 0 Å². The van der Waals surface area contributed by atoms with Gasteiger partial charge in [0.25, 0.3) is 5.91 Å². The molecule has 0 unspecified atom stereocenters. The fraction of sp³-hybridized carbons (Fsp3) is 0.421. The summed E-state index contributed by atoms with van der Waals surface area (Å²) in [7, 11) is -3.21. The molecule has 2 aromatic rings. The van der Waals surface area contributed by atoms with Gasteiger partial charge in [-0.05, 0) is 56.7 Å². The Kier molecular flexibility index (Phi) is 5.20.